The molecule has 1 aromatic rings. The van der Waals surface area contributed by atoms with E-state index in [2.05, 4.69) is 0 Å². The molecule has 0 radical (unpaired) electrons. The van der Waals surface area contributed by atoms with Gasteiger partial charge in [0.15, 0.2) is 0 Å². The second-order valence-corrected chi connectivity index (χ2v) is 2.80. The summed E-state index contributed by atoms with van der Waals surface area (Å²) in [6, 6.07) is 9.93. The molecule has 2 nitrogen and oxygen atoms in total. The fraction of sp³-hybridized carbons (Fsp3) is 0.0909. The molecule has 68 valence electrons. The van der Waals surface area contributed by atoms with Gasteiger partial charge in [-0.15, -0.1) is 0 Å². The number of hydrogen-bond acceptors (Lipinski definition) is 2. The van der Waals surface area contributed by atoms with Crippen molar-refractivity contribution in [2.45, 2.75) is 6.92 Å². The number of nitrogens with two attached hydrogens (primary N) is 2. The highest BCUT2D eigenvalue weighted by molar-refractivity contribution is 5.77. The van der Waals surface area contributed by atoms with Gasteiger partial charge >= 0.3 is 0 Å². The van der Waals surface area contributed by atoms with Crippen molar-refractivity contribution in [3.63, 3.8) is 0 Å². The standard InChI is InChI=1S/C11H14N2/c1-9(7-12)11(8-13)10-5-3-2-4-6-10/h2-8H,12-13H2,1H3/b9-7-,11-8+. The summed E-state index contributed by atoms with van der Waals surface area (Å²) in [4.78, 5) is 0. The van der Waals surface area contributed by atoms with E-state index in [1.807, 2.05) is 37.3 Å². The van der Waals surface area contributed by atoms with Gasteiger partial charge < -0.3 is 11.5 Å². The lowest BCUT2D eigenvalue weighted by atomic mass is 10.0. The summed E-state index contributed by atoms with van der Waals surface area (Å²) in [5.74, 6) is 0. The van der Waals surface area contributed by atoms with E-state index >= 15 is 0 Å². The Morgan fingerprint density at radius 2 is 1.69 bits per heavy atom. The Balaban J connectivity index is 3.07. The van der Waals surface area contributed by atoms with Crippen LogP contribution in [0.5, 0.6) is 0 Å². The SMILES string of the molecule is CC(=C/N)/C(=C\N)c1ccccc1. The van der Waals surface area contributed by atoms with Crippen molar-refractivity contribution in [3.05, 3.63) is 53.9 Å². The first-order chi connectivity index (χ1) is 6.29. The zero-order chi connectivity index (χ0) is 9.68. The number of rotatable bonds is 2. The van der Waals surface area contributed by atoms with Crippen LogP contribution in [0.15, 0.2) is 48.3 Å². The molecule has 0 bridgehead atoms. The molecule has 4 N–H and O–H groups in total. The van der Waals surface area contributed by atoms with Crippen LogP contribution in [0.1, 0.15) is 12.5 Å². The normalized spacial score (nSPS) is 13.0. The molecule has 0 heterocycles. The molecule has 0 amide bonds. The van der Waals surface area contributed by atoms with Crippen molar-refractivity contribution < 1.29 is 0 Å². The van der Waals surface area contributed by atoms with E-state index in [0.717, 1.165) is 16.7 Å². The van der Waals surface area contributed by atoms with Gasteiger partial charge in [-0.05, 0) is 24.3 Å². The molecule has 0 aliphatic rings. The molecule has 0 saturated heterocycles. The van der Waals surface area contributed by atoms with Crippen LogP contribution in [0.4, 0.5) is 0 Å². The van der Waals surface area contributed by atoms with Gasteiger partial charge in [-0.25, -0.2) is 0 Å². The molecule has 0 spiro atoms. The summed E-state index contributed by atoms with van der Waals surface area (Å²) in [5, 5.41) is 0. The first-order valence-corrected chi connectivity index (χ1v) is 4.15. The van der Waals surface area contributed by atoms with Gasteiger partial charge in [-0.3, -0.25) is 0 Å². The number of benzene rings is 1. The van der Waals surface area contributed by atoms with Gasteiger partial charge in [0, 0.05) is 11.8 Å². The average molecular weight is 174 g/mol. The van der Waals surface area contributed by atoms with E-state index in [4.69, 9.17) is 11.5 Å². The van der Waals surface area contributed by atoms with Crippen LogP contribution in [0, 0.1) is 0 Å². The summed E-state index contributed by atoms with van der Waals surface area (Å²) in [7, 11) is 0. The maximum absolute atomic E-state index is 5.52. The van der Waals surface area contributed by atoms with Crippen molar-refractivity contribution >= 4 is 5.57 Å². The maximum Gasteiger partial charge on any atom is 0.00208 e. The van der Waals surface area contributed by atoms with Crippen LogP contribution >= 0.6 is 0 Å². The van der Waals surface area contributed by atoms with E-state index in [-0.39, 0.29) is 0 Å². The Labute approximate surface area is 78.6 Å². The highest BCUT2D eigenvalue weighted by Crippen LogP contribution is 2.20. The van der Waals surface area contributed by atoms with Crippen LogP contribution in [0.2, 0.25) is 0 Å². The van der Waals surface area contributed by atoms with Gasteiger partial charge in [0.2, 0.25) is 0 Å². The predicted molar refractivity (Wildman–Crippen MR) is 56.6 cm³/mol. The fourth-order valence-corrected chi connectivity index (χ4v) is 1.16. The van der Waals surface area contributed by atoms with E-state index in [1.54, 1.807) is 12.4 Å². The molecule has 0 aromatic heterocycles. The van der Waals surface area contributed by atoms with E-state index < -0.39 is 0 Å². The van der Waals surface area contributed by atoms with E-state index in [0.29, 0.717) is 0 Å². The lowest BCUT2D eigenvalue weighted by Gasteiger charge is -2.05. The molecule has 1 aromatic carbocycles. The van der Waals surface area contributed by atoms with Gasteiger partial charge in [0.1, 0.15) is 0 Å². The van der Waals surface area contributed by atoms with Gasteiger partial charge in [-0.2, -0.15) is 0 Å². The molecular weight excluding hydrogens is 160 g/mol. The van der Waals surface area contributed by atoms with Crippen LogP contribution in [0.25, 0.3) is 5.57 Å². The number of hydrogen-bond donors (Lipinski definition) is 2. The minimum atomic E-state index is 0.975. The maximum atomic E-state index is 5.52. The van der Waals surface area contributed by atoms with E-state index in [1.165, 1.54) is 0 Å². The summed E-state index contributed by atoms with van der Waals surface area (Å²) in [5.41, 5.74) is 14.0. The molecule has 0 aliphatic heterocycles. The Hall–Kier alpha value is -1.70. The van der Waals surface area contributed by atoms with Crippen molar-refractivity contribution in [2.24, 2.45) is 11.5 Å². The van der Waals surface area contributed by atoms with Crippen molar-refractivity contribution in [2.75, 3.05) is 0 Å². The zero-order valence-electron chi connectivity index (χ0n) is 7.70. The summed E-state index contributed by atoms with van der Waals surface area (Å²) < 4.78 is 0. The largest absolute Gasteiger partial charge is 0.404 e. The van der Waals surface area contributed by atoms with Crippen LogP contribution in [-0.4, -0.2) is 0 Å². The molecule has 0 aliphatic carbocycles. The fourth-order valence-electron chi connectivity index (χ4n) is 1.16. The molecule has 0 unspecified atom stereocenters. The first kappa shape index (κ1) is 9.39. The Bertz CT molecular complexity index is 323. The smallest absolute Gasteiger partial charge is 0.00208 e. The lowest BCUT2D eigenvalue weighted by Crippen LogP contribution is -1.93. The quantitative estimate of drug-likeness (QED) is 0.672. The Morgan fingerprint density at radius 3 is 2.15 bits per heavy atom. The van der Waals surface area contributed by atoms with Crippen molar-refractivity contribution in [1.29, 1.82) is 0 Å². The minimum absolute atomic E-state index is 0.975. The van der Waals surface area contributed by atoms with Gasteiger partial charge in [0.05, 0.1) is 0 Å². The average Bonchev–Trinajstić information content (AvgIpc) is 2.20. The molecule has 0 fully saturated rings. The summed E-state index contributed by atoms with van der Waals surface area (Å²) >= 11 is 0. The second-order valence-electron chi connectivity index (χ2n) is 2.80. The topological polar surface area (TPSA) is 52.0 Å². The number of allylic oxidation sites excluding steroid dienone is 2. The Morgan fingerprint density at radius 1 is 1.08 bits per heavy atom. The molecule has 2 heteroatoms. The minimum Gasteiger partial charge on any atom is -0.404 e. The molecule has 13 heavy (non-hydrogen) atoms. The van der Waals surface area contributed by atoms with Crippen LogP contribution < -0.4 is 11.5 Å². The third-order valence-electron chi connectivity index (χ3n) is 1.93. The van der Waals surface area contributed by atoms with E-state index in [9.17, 15) is 0 Å². The summed E-state index contributed by atoms with van der Waals surface area (Å²) in [6.45, 7) is 1.94. The second kappa shape index (κ2) is 4.36. The first-order valence-electron chi connectivity index (χ1n) is 4.15. The lowest BCUT2D eigenvalue weighted by molar-refractivity contribution is 1.41. The predicted octanol–water partition coefficient (Wildman–Crippen LogP) is 1.85. The van der Waals surface area contributed by atoms with Gasteiger partial charge in [-0.1, -0.05) is 30.3 Å². The van der Waals surface area contributed by atoms with Crippen LogP contribution in [0.3, 0.4) is 0 Å². The third kappa shape index (κ3) is 2.12. The van der Waals surface area contributed by atoms with Crippen molar-refractivity contribution in [3.8, 4) is 0 Å². The van der Waals surface area contributed by atoms with Gasteiger partial charge in [0.25, 0.3) is 0 Å². The monoisotopic (exact) mass is 174 g/mol. The zero-order valence-corrected chi connectivity index (χ0v) is 7.70. The molecule has 1 rings (SSSR count). The third-order valence-corrected chi connectivity index (χ3v) is 1.93. The molecule has 0 saturated carbocycles. The molecule has 0 atom stereocenters. The Kier molecular flexibility index (Phi) is 3.15. The van der Waals surface area contributed by atoms with Crippen LogP contribution in [-0.2, 0) is 0 Å². The molecular formula is C11H14N2. The highest BCUT2D eigenvalue weighted by atomic mass is 14.5. The van der Waals surface area contributed by atoms with Crippen molar-refractivity contribution in [1.82, 2.24) is 0 Å². The highest BCUT2D eigenvalue weighted by Gasteiger charge is 2.00. The summed E-state index contributed by atoms with van der Waals surface area (Å²) in [6.07, 6.45) is 3.14.